The van der Waals surface area contributed by atoms with E-state index in [0.717, 1.165) is 35.9 Å². The molecule has 204 valence electrons. The predicted octanol–water partition coefficient (Wildman–Crippen LogP) is 1.78. The molecule has 0 aliphatic heterocycles. The number of carbonyl (C=O) groups excluding carboxylic acids is 1. The zero-order valence-electron chi connectivity index (χ0n) is 20.7. The van der Waals surface area contributed by atoms with E-state index in [-0.39, 0.29) is 24.9 Å². The summed E-state index contributed by atoms with van der Waals surface area (Å²) in [5.74, 6) is -2.99. The van der Waals surface area contributed by atoms with Crippen LogP contribution in [0.5, 0.6) is 0 Å². The Balaban J connectivity index is 2.17. The largest absolute Gasteiger partial charge is 0.465 e. The number of hydrogen-bond donors (Lipinski definition) is 5. The second kappa shape index (κ2) is 14.0. The number of rotatable bonds is 14. The number of carboxylic acid groups (broad SMARTS) is 1. The van der Waals surface area contributed by atoms with Crippen molar-refractivity contribution in [2.75, 3.05) is 18.6 Å². The van der Waals surface area contributed by atoms with Crippen molar-refractivity contribution in [2.45, 2.75) is 50.9 Å². The first-order valence-corrected chi connectivity index (χ1v) is 13.8. The molecular formula is C25H33F2N3O6S. The van der Waals surface area contributed by atoms with Gasteiger partial charge in [-0.15, -0.1) is 0 Å². The van der Waals surface area contributed by atoms with Gasteiger partial charge in [-0.25, -0.2) is 22.0 Å². The summed E-state index contributed by atoms with van der Waals surface area (Å²) in [7, 11) is -3.49. The SMILES string of the molecule is CCc1cccc(CNC[C@H](O)[C@H](Cc2cc(F)cc(F)c2)NC(=O)[C@@H](CCS(C)(=O)=O)NC(=O)O)c1. The summed E-state index contributed by atoms with van der Waals surface area (Å²) in [5, 5.41) is 27.5. The molecule has 0 aliphatic carbocycles. The zero-order valence-corrected chi connectivity index (χ0v) is 21.5. The summed E-state index contributed by atoms with van der Waals surface area (Å²) >= 11 is 0. The van der Waals surface area contributed by atoms with Crippen molar-refractivity contribution in [1.82, 2.24) is 16.0 Å². The molecule has 37 heavy (non-hydrogen) atoms. The van der Waals surface area contributed by atoms with Gasteiger partial charge in [-0.1, -0.05) is 31.2 Å². The third-order valence-electron chi connectivity index (χ3n) is 5.64. The van der Waals surface area contributed by atoms with Crippen LogP contribution >= 0.6 is 0 Å². The number of sulfone groups is 1. The van der Waals surface area contributed by atoms with E-state index >= 15 is 0 Å². The van der Waals surface area contributed by atoms with Gasteiger partial charge in [0.05, 0.1) is 17.9 Å². The lowest BCUT2D eigenvalue weighted by atomic mass is 9.99. The summed E-state index contributed by atoms with van der Waals surface area (Å²) in [6, 6.07) is 8.17. The van der Waals surface area contributed by atoms with E-state index in [1.54, 1.807) is 0 Å². The molecule has 0 spiro atoms. The van der Waals surface area contributed by atoms with Gasteiger partial charge in [0.25, 0.3) is 0 Å². The first kappa shape index (κ1) is 30.1. The number of halogens is 2. The minimum Gasteiger partial charge on any atom is -0.465 e. The second-order valence-corrected chi connectivity index (χ2v) is 11.1. The monoisotopic (exact) mass is 541 g/mol. The Labute approximate surface area is 215 Å². The number of aliphatic hydroxyl groups is 1. The van der Waals surface area contributed by atoms with Gasteiger partial charge in [0.15, 0.2) is 0 Å². The molecule has 0 heterocycles. The van der Waals surface area contributed by atoms with Crippen LogP contribution in [-0.4, -0.2) is 67.4 Å². The molecule has 2 aromatic rings. The fourth-order valence-electron chi connectivity index (χ4n) is 3.77. The quantitative estimate of drug-likeness (QED) is 0.245. The van der Waals surface area contributed by atoms with E-state index < -0.39 is 57.4 Å². The van der Waals surface area contributed by atoms with Crippen molar-refractivity contribution >= 4 is 21.8 Å². The molecule has 0 bridgehead atoms. The molecule has 0 radical (unpaired) electrons. The molecular weight excluding hydrogens is 508 g/mol. The smallest absolute Gasteiger partial charge is 0.405 e. The van der Waals surface area contributed by atoms with Crippen LogP contribution in [0.25, 0.3) is 0 Å². The van der Waals surface area contributed by atoms with Crippen molar-refractivity contribution in [3.63, 3.8) is 0 Å². The van der Waals surface area contributed by atoms with Gasteiger partial charge in [0.2, 0.25) is 5.91 Å². The number of nitrogens with one attached hydrogen (secondary N) is 3. The lowest BCUT2D eigenvalue weighted by Crippen LogP contribution is -2.55. The number of aryl methyl sites for hydroxylation is 1. The second-order valence-electron chi connectivity index (χ2n) is 8.89. The molecule has 12 heteroatoms. The molecule has 2 amide bonds. The Hall–Kier alpha value is -3.09. The van der Waals surface area contributed by atoms with Crippen molar-refractivity contribution in [3.8, 4) is 0 Å². The minimum atomic E-state index is -3.49. The van der Waals surface area contributed by atoms with Gasteiger partial charge in [0.1, 0.15) is 27.5 Å². The zero-order chi connectivity index (χ0) is 27.6. The average Bonchev–Trinajstić information content (AvgIpc) is 2.80. The molecule has 0 saturated carbocycles. The van der Waals surface area contributed by atoms with Crippen molar-refractivity contribution in [3.05, 3.63) is 70.8 Å². The molecule has 9 nitrogen and oxygen atoms in total. The molecule has 0 aromatic heterocycles. The predicted molar refractivity (Wildman–Crippen MR) is 135 cm³/mol. The van der Waals surface area contributed by atoms with E-state index in [2.05, 4.69) is 10.6 Å². The van der Waals surface area contributed by atoms with E-state index in [0.29, 0.717) is 12.6 Å². The maximum atomic E-state index is 13.7. The summed E-state index contributed by atoms with van der Waals surface area (Å²) in [5.41, 5.74) is 2.28. The molecule has 2 rings (SSSR count). The lowest BCUT2D eigenvalue weighted by molar-refractivity contribution is -0.124. The molecule has 2 aromatic carbocycles. The van der Waals surface area contributed by atoms with Crippen LogP contribution in [0.3, 0.4) is 0 Å². The molecule has 0 unspecified atom stereocenters. The fraction of sp³-hybridized carbons (Fsp3) is 0.440. The maximum Gasteiger partial charge on any atom is 0.405 e. The van der Waals surface area contributed by atoms with Crippen LogP contribution in [-0.2, 0) is 34.0 Å². The van der Waals surface area contributed by atoms with Crippen LogP contribution in [0.15, 0.2) is 42.5 Å². The van der Waals surface area contributed by atoms with Gasteiger partial charge in [-0.05, 0) is 48.1 Å². The highest BCUT2D eigenvalue weighted by molar-refractivity contribution is 7.90. The summed E-state index contributed by atoms with van der Waals surface area (Å²) < 4.78 is 50.5. The van der Waals surface area contributed by atoms with E-state index in [1.165, 1.54) is 0 Å². The first-order chi connectivity index (χ1) is 17.4. The average molecular weight is 542 g/mol. The number of aliphatic hydroxyl groups excluding tert-OH is 1. The highest BCUT2D eigenvalue weighted by atomic mass is 32.2. The highest BCUT2D eigenvalue weighted by Gasteiger charge is 2.28. The Morgan fingerprint density at radius 1 is 1.00 bits per heavy atom. The summed E-state index contributed by atoms with van der Waals surface area (Å²) in [6.45, 7) is 2.44. The number of hydrogen-bond acceptors (Lipinski definition) is 6. The van der Waals surface area contributed by atoms with Crippen molar-refractivity contribution < 1.29 is 37.0 Å². The third kappa shape index (κ3) is 11.2. The third-order valence-corrected chi connectivity index (χ3v) is 6.62. The van der Waals surface area contributed by atoms with Gasteiger partial charge in [-0.2, -0.15) is 0 Å². The first-order valence-electron chi connectivity index (χ1n) is 11.8. The Kier molecular flexibility index (Phi) is 11.4. The van der Waals surface area contributed by atoms with Crippen LogP contribution in [0, 0.1) is 11.6 Å². The Morgan fingerprint density at radius 2 is 1.65 bits per heavy atom. The summed E-state index contributed by atoms with van der Waals surface area (Å²) in [6.07, 6.45) is -1.45. The Bertz CT molecular complexity index is 1160. The van der Waals surface area contributed by atoms with E-state index in [4.69, 9.17) is 5.11 Å². The molecule has 0 fully saturated rings. The van der Waals surface area contributed by atoms with E-state index in [9.17, 15) is 31.9 Å². The minimum absolute atomic E-state index is 0.000534. The van der Waals surface area contributed by atoms with Crippen LogP contribution in [0.1, 0.15) is 30.0 Å². The Morgan fingerprint density at radius 3 is 2.24 bits per heavy atom. The highest BCUT2D eigenvalue weighted by Crippen LogP contribution is 2.13. The maximum absolute atomic E-state index is 13.7. The van der Waals surface area contributed by atoms with Gasteiger partial charge in [0, 0.05) is 25.4 Å². The van der Waals surface area contributed by atoms with Crippen molar-refractivity contribution in [2.24, 2.45) is 0 Å². The summed E-state index contributed by atoms with van der Waals surface area (Å²) in [4.78, 5) is 24.1. The molecule has 0 aliphatic rings. The fourth-order valence-corrected chi connectivity index (χ4v) is 4.43. The van der Waals surface area contributed by atoms with E-state index in [1.807, 2.05) is 36.5 Å². The topological polar surface area (TPSA) is 145 Å². The normalized spacial score (nSPS) is 14.0. The van der Waals surface area contributed by atoms with Crippen LogP contribution < -0.4 is 16.0 Å². The molecule has 5 N–H and O–H groups in total. The van der Waals surface area contributed by atoms with Gasteiger partial charge in [-0.3, -0.25) is 4.79 Å². The number of carbonyl (C=O) groups is 2. The van der Waals surface area contributed by atoms with Crippen molar-refractivity contribution in [1.29, 1.82) is 0 Å². The molecule has 0 saturated heterocycles. The standard InChI is InChI=1S/C25H33F2N3O6S/c1-3-16-5-4-6-17(9-16)14-28-15-23(31)22(12-18-10-19(26)13-20(27)11-18)29-24(32)21(30-25(33)34)7-8-37(2,35)36/h4-6,9-11,13,21-23,28,30-31H,3,7-8,12,14-15H2,1-2H3,(H,29,32)(H,33,34)/t21-,22+,23+/m1/s1. The lowest BCUT2D eigenvalue weighted by Gasteiger charge is -2.27. The van der Waals surface area contributed by atoms with Crippen LogP contribution in [0.4, 0.5) is 13.6 Å². The number of benzene rings is 2. The van der Waals surface area contributed by atoms with Gasteiger partial charge >= 0.3 is 6.09 Å². The van der Waals surface area contributed by atoms with Crippen LogP contribution in [0.2, 0.25) is 0 Å². The number of amides is 2. The molecule has 3 atom stereocenters. The van der Waals surface area contributed by atoms with Gasteiger partial charge < -0.3 is 26.2 Å².